The van der Waals surface area contributed by atoms with Crippen LogP contribution >= 0.6 is 0 Å². The zero-order chi connectivity index (χ0) is 10.6. The molecular formula is C9H13N3O2. The zero-order valence-corrected chi connectivity index (χ0v) is 8.19. The van der Waals surface area contributed by atoms with E-state index in [2.05, 4.69) is 15.3 Å². The second-order valence-corrected chi connectivity index (χ2v) is 3.19. The highest BCUT2D eigenvalue weighted by molar-refractivity contribution is 5.68. The Morgan fingerprint density at radius 1 is 1.64 bits per heavy atom. The molecule has 0 fully saturated rings. The Morgan fingerprint density at radius 3 is 2.93 bits per heavy atom. The molecule has 0 bridgehead atoms. The summed E-state index contributed by atoms with van der Waals surface area (Å²) < 4.78 is 0. The van der Waals surface area contributed by atoms with Gasteiger partial charge in [0.15, 0.2) is 0 Å². The van der Waals surface area contributed by atoms with Gasteiger partial charge in [0.25, 0.3) is 0 Å². The maximum Gasteiger partial charge on any atom is 0.305 e. The molecule has 1 aromatic rings. The van der Waals surface area contributed by atoms with Crippen LogP contribution in [0.3, 0.4) is 0 Å². The number of aryl methyl sites for hydroxylation is 1. The lowest BCUT2D eigenvalue weighted by Crippen LogP contribution is -2.20. The molecule has 1 heterocycles. The van der Waals surface area contributed by atoms with Crippen molar-refractivity contribution >= 4 is 11.8 Å². The van der Waals surface area contributed by atoms with Gasteiger partial charge in [-0.2, -0.15) is 0 Å². The molecule has 0 spiro atoms. The van der Waals surface area contributed by atoms with E-state index in [4.69, 9.17) is 5.11 Å². The van der Waals surface area contributed by atoms with Crippen molar-refractivity contribution in [1.82, 2.24) is 9.97 Å². The minimum Gasteiger partial charge on any atom is -0.481 e. The van der Waals surface area contributed by atoms with E-state index in [9.17, 15) is 4.79 Å². The SMILES string of the molecule is Cc1cc(NC(C)CC(=O)O)ncn1. The number of carbonyl (C=O) groups is 1. The molecule has 0 radical (unpaired) electrons. The highest BCUT2D eigenvalue weighted by Gasteiger charge is 2.07. The molecular weight excluding hydrogens is 182 g/mol. The second-order valence-electron chi connectivity index (χ2n) is 3.19. The molecule has 1 aromatic heterocycles. The van der Waals surface area contributed by atoms with E-state index in [0.29, 0.717) is 5.82 Å². The van der Waals surface area contributed by atoms with Gasteiger partial charge in [-0.25, -0.2) is 9.97 Å². The normalized spacial score (nSPS) is 12.1. The van der Waals surface area contributed by atoms with Crippen LogP contribution in [0.4, 0.5) is 5.82 Å². The fourth-order valence-corrected chi connectivity index (χ4v) is 1.10. The first-order valence-corrected chi connectivity index (χ1v) is 4.35. The van der Waals surface area contributed by atoms with E-state index in [1.54, 1.807) is 13.0 Å². The lowest BCUT2D eigenvalue weighted by atomic mass is 10.2. The Bertz CT molecular complexity index is 328. The maximum atomic E-state index is 10.4. The van der Waals surface area contributed by atoms with Crippen molar-refractivity contribution in [2.45, 2.75) is 26.3 Å². The summed E-state index contributed by atoms with van der Waals surface area (Å²) in [6, 6.07) is 1.64. The number of aliphatic carboxylic acids is 1. The van der Waals surface area contributed by atoms with Gasteiger partial charge in [0, 0.05) is 17.8 Å². The predicted octanol–water partition coefficient (Wildman–Crippen LogP) is 1.06. The van der Waals surface area contributed by atoms with E-state index < -0.39 is 5.97 Å². The quantitative estimate of drug-likeness (QED) is 0.751. The number of rotatable bonds is 4. The van der Waals surface area contributed by atoms with Crippen LogP contribution in [-0.4, -0.2) is 27.1 Å². The van der Waals surface area contributed by atoms with Crippen molar-refractivity contribution in [3.8, 4) is 0 Å². The number of nitrogens with zero attached hydrogens (tertiary/aromatic N) is 2. The number of anilines is 1. The monoisotopic (exact) mass is 195 g/mol. The topological polar surface area (TPSA) is 75.1 Å². The first kappa shape index (κ1) is 10.4. The average molecular weight is 195 g/mol. The Kier molecular flexibility index (Phi) is 3.39. The van der Waals surface area contributed by atoms with Crippen LogP contribution in [0.2, 0.25) is 0 Å². The Labute approximate surface area is 82.2 Å². The van der Waals surface area contributed by atoms with Crippen LogP contribution in [0.1, 0.15) is 19.0 Å². The Hall–Kier alpha value is -1.65. The molecule has 1 unspecified atom stereocenters. The molecule has 1 rings (SSSR count). The Balaban J connectivity index is 2.55. The summed E-state index contributed by atoms with van der Waals surface area (Å²) in [5.41, 5.74) is 0.852. The standard InChI is InChI=1S/C9H13N3O2/c1-6-3-8(11-5-10-6)12-7(2)4-9(13)14/h3,5,7H,4H2,1-2H3,(H,13,14)(H,10,11,12). The lowest BCUT2D eigenvalue weighted by Gasteiger charge is -2.11. The van der Waals surface area contributed by atoms with Gasteiger partial charge in [-0.3, -0.25) is 4.79 Å². The molecule has 76 valence electrons. The molecule has 0 saturated heterocycles. The molecule has 2 N–H and O–H groups in total. The van der Waals surface area contributed by atoms with Crippen LogP contribution in [0.5, 0.6) is 0 Å². The summed E-state index contributed by atoms with van der Waals surface area (Å²) in [5, 5.41) is 11.5. The van der Waals surface area contributed by atoms with Gasteiger partial charge >= 0.3 is 5.97 Å². The summed E-state index contributed by atoms with van der Waals surface area (Å²) in [4.78, 5) is 18.3. The maximum absolute atomic E-state index is 10.4. The largest absolute Gasteiger partial charge is 0.481 e. The summed E-state index contributed by atoms with van der Waals surface area (Å²) in [5.74, 6) is -0.165. The van der Waals surface area contributed by atoms with Crippen LogP contribution < -0.4 is 5.32 Å². The van der Waals surface area contributed by atoms with Gasteiger partial charge in [-0.05, 0) is 13.8 Å². The van der Waals surface area contributed by atoms with E-state index in [0.717, 1.165) is 5.69 Å². The molecule has 0 aliphatic carbocycles. The predicted molar refractivity (Wildman–Crippen MR) is 52.1 cm³/mol. The summed E-state index contributed by atoms with van der Waals surface area (Å²) in [7, 11) is 0. The summed E-state index contributed by atoms with van der Waals surface area (Å²) in [6.45, 7) is 3.65. The molecule has 0 amide bonds. The number of hydrogen-bond donors (Lipinski definition) is 2. The molecule has 0 saturated carbocycles. The van der Waals surface area contributed by atoms with Crippen molar-refractivity contribution in [2.24, 2.45) is 0 Å². The van der Waals surface area contributed by atoms with Crippen molar-refractivity contribution in [3.05, 3.63) is 18.1 Å². The van der Waals surface area contributed by atoms with Crippen molar-refractivity contribution in [3.63, 3.8) is 0 Å². The van der Waals surface area contributed by atoms with Gasteiger partial charge in [0.2, 0.25) is 0 Å². The fourth-order valence-electron chi connectivity index (χ4n) is 1.10. The van der Waals surface area contributed by atoms with Crippen LogP contribution in [0, 0.1) is 6.92 Å². The molecule has 0 aliphatic heterocycles. The number of carboxylic acid groups (broad SMARTS) is 1. The Morgan fingerprint density at radius 2 is 2.36 bits per heavy atom. The van der Waals surface area contributed by atoms with Gasteiger partial charge in [-0.1, -0.05) is 0 Å². The van der Waals surface area contributed by atoms with Crippen LogP contribution in [0.15, 0.2) is 12.4 Å². The highest BCUT2D eigenvalue weighted by Crippen LogP contribution is 2.06. The van der Waals surface area contributed by atoms with Gasteiger partial charge in [-0.15, -0.1) is 0 Å². The third kappa shape index (κ3) is 3.38. The third-order valence-corrected chi connectivity index (χ3v) is 1.68. The van der Waals surface area contributed by atoms with Gasteiger partial charge < -0.3 is 10.4 Å². The average Bonchev–Trinajstić information content (AvgIpc) is 2.01. The van der Waals surface area contributed by atoms with E-state index in [1.165, 1.54) is 6.33 Å². The molecule has 0 aromatic carbocycles. The molecule has 5 nitrogen and oxygen atoms in total. The first-order valence-electron chi connectivity index (χ1n) is 4.35. The lowest BCUT2D eigenvalue weighted by molar-refractivity contribution is -0.137. The smallest absolute Gasteiger partial charge is 0.305 e. The first-order chi connectivity index (χ1) is 6.58. The van der Waals surface area contributed by atoms with Crippen LogP contribution in [0.25, 0.3) is 0 Å². The molecule has 14 heavy (non-hydrogen) atoms. The summed E-state index contributed by atoms with van der Waals surface area (Å²) >= 11 is 0. The van der Waals surface area contributed by atoms with Gasteiger partial charge in [0.05, 0.1) is 6.42 Å². The van der Waals surface area contributed by atoms with E-state index >= 15 is 0 Å². The minimum absolute atomic E-state index is 0.0725. The van der Waals surface area contributed by atoms with E-state index in [-0.39, 0.29) is 12.5 Å². The van der Waals surface area contributed by atoms with Crippen molar-refractivity contribution in [2.75, 3.05) is 5.32 Å². The molecule has 0 aliphatic rings. The fraction of sp³-hybridized carbons (Fsp3) is 0.444. The minimum atomic E-state index is -0.823. The number of aromatic nitrogens is 2. The molecule has 5 heteroatoms. The highest BCUT2D eigenvalue weighted by atomic mass is 16.4. The van der Waals surface area contributed by atoms with Crippen molar-refractivity contribution in [1.29, 1.82) is 0 Å². The third-order valence-electron chi connectivity index (χ3n) is 1.68. The summed E-state index contributed by atoms with van der Waals surface area (Å²) in [6.07, 6.45) is 1.52. The number of hydrogen-bond acceptors (Lipinski definition) is 4. The van der Waals surface area contributed by atoms with E-state index in [1.807, 2.05) is 6.92 Å². The van der Waals surface area contributed by atoms with Crippen molar-refractivity contribution < 1.29 is 9.90 Å². The number of nitrogens with one attached hydrogen (secondary N) is 1. The number of carboxylic acids is 1. The molecule has 1 atom stereocenters. The zero-order valence-electron chi connectivity index (χ0n) is 8.19. The van der Waals surface area contributed by atoms with Crippen LogP contribution in [-0.2, 0) is 4.79 Å². The van der Waals surface area contributed by atoms with Gasteiger partial charge in [0.1, 0.15) is 12.1 Å². The second kappa shape index (κ2) is 4.55.